The molecule has 2 aromatic heterocycles. The van der Waals surface area contributed by atoms with Crippen molar-refractivity contribution in [2.75, 3.05) is 18.9 Å². The van der Waals surface area contributed by atoms with Gasteiger partial charge in [0.05, 0.1) is 12.9 Å². The minimum Gasteiger partial charge on any atom is -0.434 e. The molecule has 7 rings (SSSR count). The average Bonchev–Trinajstić information content (AvgIpc) is 3.55. The maximum Gasteiger partial charge on any atom is 0.508 e. The van der Waals surface area contributed by atoms with E-state index in [4.69, 9.17) is 26.4 Å². The van der Waals surface area contributed by atoms with Gasteiger partial charge in [0.15, 0.2) is 22.6 Å². The summed E-state index contributed by atoms with van der Waals surface area (Å²) in [5.74, 6) is 5.10. The zero-order valence-corrected chi connectivity index (χ0v) is 20.6. The number of rotatable bonds is 8. The van der Waals surface area contributed by atoms with Crippen molar-refractivity contribution in [2.45, 2.75) is 75.7 Å². The summed E-state index contributed by atoms with van der Waals surface area (Å²) in [5.41, 5.74) is 4.97. The van der Waals surface area contributed by atoms with Crippen LogP contribution in [0.4, 0.5) is 15.0 Å². The number of nitrogen functional groups attached to an aromatic ring is 1. The van der Waals surface area contributed by atoms with Crippen molar-refractivity contribution in [2.24, 2.45) is 23.2 Å². The fourth-order valence-electron chi connectivity index (χ4n) is 7.66. The van der Waals surface area contributed by atoms with Gasteiger partial charge in [-0.05, 0) is 74.5 Å². The van der Waals surface area contributed by atoms with Gasteiger partial charge in [0.25, 0.3) is 0 Å². The maximum atomic E-state index is 13.7. The first-order valence-corrected chi connectivity index (χ1v) is 13.1. The molecule has 1 saturated heterocycles. The lowest BCUT2D eigenvalue weighted by atomic mass is 9.72. The molecule has 0 amide bonds. The zero-order valence-electron chi connectivity index (χ0n) is 20.6. The van der Waals surface area contributed by atoms with E-state index in [1.807, 2.05) is 0 Å². The molecule has 5 fully saturated rings. The van der Waals surface area contributed by atoms with Crippen LogP contribution in [0.1, 0.15) is 64.0 Å². The Morgan fingerprint density at radius 1 is 1.24 bits per heavy atom. The monoisotopic (exact) mass is 513 g/mol. The van der Waals surface area contributed by atoms with E-state index in [2.05, 4.69) is 20.9 Å². The number of aromatic nitrogens is 4. The molecule has 5 atom stereocenters. The van der Waals surface area contributed by atoms with Crippen LogP contribution >= 0.6 is 0 Å². The van der Waals surface area contributed by atoms with Crippen LogP contribution in [0.15, 0.2) is 6.33 Å². The van der Waals surface area contributed by atoms with E-state index >= 15 is 0 Å². The first-order chi connectivity index (χ1) is 17.8. The molecule has 10 nitrogen and oxygen atoms in total. The molecular weight excluding hydrogens is 481 g/mol. The number of hydrogen-bond donors (Lipinski definition) is 2. The Labute approximate surface area is 214 Å². The standard InChI is InChI=1S/C26H32FN5O5/c1-2-26(18(33)10-19(37-26)32-14-29-20-21(28)30-23(27)31-22(20)32)13-36-24(34)35-6-4-3-5-25-11-15-7-16(12-25)9-17(25)8-15/h1,14-19,33H,3-13H2,(H2,28,30,31)/t15?,16?,17?,18-,19+,25?,26+/m0/s1. The van der Waals surface area contributed by atoms with E-state index in [1.54, 1.807) is 0 Å². The number of aliphatic hydroxyl groups is 1. The van der Waals surface area contributed by atoms with Crippen molar-refractivity contribution in [3.05, 3.63) is 12.4 Å². The van der Waals surface area contributed by atoms with Gasteiger partial charge in [0, 0.05) is 6.42 Å². The number of nitrogens with zero attached hydrogens (tertiary/aromatic N) is 4. The second-order valence-electron chi connectivity index (χ2n) is 11.3. The minimum absolute atomic E-state index is 0.0457. The van der Waals surface area contributed by atoms with Crippen LogP contribution in [0.3, 0.4) is 0 Å². The lowest BCUT2D eigenvalue weighted by Crippen LogP contribution is -2.43. The number of terminal acetylenes is 1. The Morgan fingerprint density at radius 2 is 2.03 bits per heavy atom. The molecule has 4 saturated carbocycles. The summed E-state index contributed by atoms with van der Waals surface area (Å²) in [6.07, 6.45) is 13.3. The highest BCUT2D eigenvalue weighted by Gasteiger charge is 2.56. The number of anilines is 1. The first kappa shape index (κ1) is 24.4. The second-order valence-corrected chi connectivity index (χ2v) is 11.3. The molecule has 2 unspecified atom stereocenters. The average molecular weight is 514 g/mol. The second kappa shape index (κ2) is 9.10. The van der Waals surface area contributed by atoms with Gasteiger partial charge in [-0.25, -0.2) is 9.78 Å². The lowest BCUT2D eigenvalue weighted by Gasteiger charge is -2.33. The van der Waals surface area contributed by atoms with Gasteiger partial charge in [-0.15, -0.1) is 6.42 Å². The van der Waals surface area contributed by atoms with Crippen LogP contribution < -0.4 is 5.73 Å². The number of carbonyl (C=O) groups excluding carboxylic acids is 1. The van der Waals surface area contributed by atoms with Crippen molar-refractivity contribution in [1.29, 1.82) is 0 Å². The number of ether oxygens (including phenoxy) is 3. The van der Waals surface area contributed by atoms with E-state index < -0.39 is 36.8 Å². The molecular formula is C26H32FN5O5. The number of carbonyl (C=O) groups is 1. The Hall–Kier alpha value is -2.97. The van der Waals surface area contributed by atoms with Gasteiger partial charge in [0.2, 0.25) is 0 Å². The van der Waals surface area contributed by atoms with Crippen molar-refractivity contribution in [3.63, 3.8) is 0 Å². The van der Waals surface area contributed by atoms with E-state index in [1.165, 1.54) is 49.4 Å². The fraction of sp³-hybridized carbons (Fsp3) is 0.692. The topological polar surface area (TPSA) is 135 Å². The van der Waals surface area contributed by atoms with Gasteiger partial charge < -0.3 is 25.1 Å². The van der Waals surface area contributed by atoms with Crippen LogP contribution in [0.25, 0.3) is 11.2 Å². The predicted octanol–water partition coefficient (Wildman–Crippen LogP) is 3.35. The molecule has 2 aromatic rings. The van der Waals surface area contributed by atoms with Crippen LogP contribution in [-0.4, -0.2) is 55.7 Å². The highest BCUT2D eigenvalue weighted by Crippen LogP contribution is 2.67. The third kappa shape index (κ3) is 4.20. The van der Waals surface area contributed by atoms with Crippen molar-refractivity contribution < 1.29 is 28.5 Å². The molecule has 5 aliphatic rings. The summed E-state index contributed by atoms with van der Waals surface area (Å²) in [4.78, 5) is 23.5. The highest BCUT2D eigenvalue weighted by molar-refractivity contribution is 5.81. The van der Waals surface area contributed by atoms with E-state index in [0.717, 1.165) is 30.6 Å². The van der Waals surface area contributed by atoms with Gasteiger partial charge in [-0.1, -0.05) is 5.92 Å². The third-order valence-electron chi connectivity index (χ3n) is 9.14. The van der Waals surface area contributed by atoms with Crippen molar-refractivity contribution in [3.8, 4) is 12.3 Å². The fourth-order valence-corrected chi connectivity index (χ4v) is 7.66. The Bertz CT molecular complexity index is 1230. The van der Waals surface area contributed by atoms with Gasteiger partial charge in [0.1, 0.15) is 18.9 Å². The molecule has 37 heavy (non-hydrogen) atoms. The minimum atomic E-state index is -1.60. The molecule has 0 radical (unpaired) electrons. The first-order valence-electron chi connectivity index (χ1n) is 13.1. The summed E-state index contributed by atoms with van der Waals surface area (Å²) in [6.45, 7) is -0.124. The molecule has 3 heterocycles. The molecule has 4 bridgehead atoms. The molecule has 11 heteroatoms. The van der Waals surface area contributed by atoms with Crippen LogP contribution in [0, 0.1) is 41.6 Å². The number of hydrogen-bond acceptors (Lipinski definition) is 9. The molecule has 198 valence electrons. The number of unbranched alkanes of at least 4 members (excludes halogenated alkanes) is 1. The molecule has 3 N–H and O–H groups in total. The van der Waals surface area contributed by atoms with Crippen molar-refractivity contribution in [1.82, 2.24) is 19.5 Å². The molecule has 0 spiro atoms. The molecule has 4 aliphatic carbocycles. The number of halogens is 1. The smallest absolute Gasteiger partial charge is 0.434 e. The highest BCUT2D eigenvalue weighted by atomic mass is 19.1. The Kier molecular flexibility index (Phi) is 5.99. The van der Waals surface area contributed by atoms with E-state index in [-0.39, 0.29) is 30.0 Å². The van der Waals surface area contributed by atoms with Gasteiger partial charge in [-0.2, -0.15) is 14.4 Å². The number of fused-ring (bicyclic) bond motifs is 1. The summed E-state index contributed by atoms with van der Waals surface area (Å²) in [5, 5.41) is 10.7. The van der Waals surface area contributed by atoms with Gasteiger partial charge in [-0.3, -0.25) is 4.57 Å². The number of aliphatic hydroxyl groups excluding tert-OH is 1. The summed E-state index contributed by atoms with van der Waals surface area (Å²) >= 11 is 0. The van der Waals surface area contributed by atoms with E-state index in [0.29, 0.717) is 5.41 Å². The third-order valence-corrected chi connectivity index (χ3v) is 9.14. The molecule has 0 aromatic carbocycles. The summed E-state index contributed by atoms with van der Waals surface area (Å²) in [7, 11) is 0. The summed E-state index contributed by atoms with van der Waals surface area (Å²) in [6, 6.07) is 0. The SMILES string of the molecule is C#C[C@]1(COC(=O)OCCCCC23CC4CC(CC2C4)C3)O[C@@H](n2cnc3c(N)nc(F)nc32)C[C@@H]1O. The predicted molar refractivity (Wildman–Crippen MR) is 129 cm³/mol. The lowest BCUT2D eigenvalue weighted by molar-refractivity contribution is -0.0980. The molecule has 1 aliphatic heterocycles. The van der Waals surface area contributed by atoms with Crippen LogP contribution in [-0.2, 0) is 14.2 Å². The van der Waals surface area contributed by atoms with Crippen LogP contribution in [0.5, 0.6) is 0 Å². The summed E-state index contributed by atoms with van der Waals surface area (Å²) < 4.78 is 31.5. The quantitative estimate of drug-likeness (QED) is 0.236. The zero-order chi connectivity index (χ0) is 25.8. The van der Waals surface area contributed by atoms with Crippen LogP contribution in [0.2, 0.25) is 0 Å². The number of imidazole rings is 1. The normalized spacial score (nSPS) is 35.8. The maximum absolute atomic E-state index is 13.7. The van der Waals surface area contributed by atoms with Gasteiger partial charge >= 0.3 is 12.2 Å². The largest absolute Gasteiger partial charge is 0.508 e. The Morgan fingerprint density at radius 3 is 2.78 bits per heavy atom. The number of nitrogens with two attached hydrogens (primary N) is 1. The Balaban J connectivity index is 0.989. The van der Waals surface area contributed by atoms with E-state index in [9.17, 15) is 14.3 Å². The van der Waals surface area contributed by atoms with Crippen molar-refractivity contribution >= 4 is 23.1 Å².